The first-order valence-corrected chi connectivity index (χ1v) is 9.04. The number of carbonyl (C=O) groups is 2. The molecule has 0 atom stereocenters. The number of carbonyl (C=O) groups excluding carboxylic acids is 2. The van der Waals surface area contributed by atoms with E-state index in [0.29, 0.717) is 18.4 Å². The lowest BCUT2D eigenvalue weighted by Crippen LogP contribution is -2.36. The van der Waals surface area contributed by atoms with E-state index in [-0.39, 0.29) is 0 Å². The molecule has 0 radical (unpaired) electrons. The third kappa shape index (κ3) is 4.24. The fourth-order valence-corrected chi connectivity index (χ4v) is 3.57. The molecule has 2 N–H and O–H groups in total. The van der Waals surface area contributed by atoms with E-state index in [2.05, 4.69) is 21.8 Å². The monoisotopic (exact) mass is 330 g/mol. The van der Waals surface area contributed by atoms with E-state index in [1.54, 1.807) is 12.3 Å². The molecule has 1 heterocycles. The van der Waals surface area contributed by atoms with Crippen molar-refractivity contribution in [2.75, 3.05) is 11.9 Å². The first kappa shape index (κ1) is 16.7. The molecule has 6 heteroatoms. The molecule has 0 bridgehead atoms. The molecule has 2 aliphatic carbocycles. The highest BCUT2D eigenvalue weighted by molar-refractivity contribution is 6.39. The van der Waals surface area contributed by atoms with Gasteiger partial charge < -0.3 is 10.6 Å². The van der Waals surface area contributed by atoms with Gasteiger partial charge in [0.05, 0.1) is 12.2 Å². The molecule has 1 fully saturated rings. The smallest absolute Gasteiger partial charge is 0.314 e. The van der Waals surface area contributed by atoms with Gasteiger partial charge >= 0.3 is 11.8 Å². The Morgan fingerprint density at radius 1 is 1.17 bits per heavy atom. The zero-order valence-corrected chi connectivity index (χ0v) is 14.1. The number of allylic oxidation sites excluding steroid dienone is 1. The lowest BCUT2D eigenvalue weighted by atomic mass is 9.97. The number of amides is 2. The summed E-state index contributed by atoms with van der Waals surface area (Å²) in [5, 5.41) is 9.70. The van der Waals surface area contributed by atoms with Crippen molar-refractivity contribution in [2.45, 2.75) is 63.8 Å². The summed E-state index contributed by atoms with van der Waals surface area (Å²) in [5.41, 5.74) is 1.39. The Balaban J connectivity index is 1.47. The highest BCUT2D eigenvalue weighted by Gasteiger charge is 2.22. The Bertz CT molecular complexity index is 614. The van der Waals surface area contributed by atoms with Gasteiger partial charge in [0.25, 0.3) is 0 Å². The average Bonchev–Trinajstić information content (AvgIpc) is 3.26. The minimum absolute atomic E-state index is 0.330. The summed E-state index contributed by atoms with van der Waals surface area (Å²) in [6.45, 7) is 0.514. The Morgan fingerprint density at radius 2 is 2.00 bits per heavy atom. The number of rotatable bonds is 5. The summed E-state index contributed by atoms with van der Waals surface area (Å²) in [4.78, 5) is 24.1. The Labute approximate surface area is 142 Å². The normalized spacial score (nSPS) is 18.2. The van der Waals surface area contributed by atoms with Crippen LogP contribution in [0.2, 0.25) is 0 Å². The molecule has 0 aliphatic heterocycles. The van der Waals surface area contributed by atoms with Gasteiger partial charge in [0, 0.05) is 12.6 Å². The van der Waals surface area contributed by atoms with E-state index in [1.807, 2.05) is 4.68 Å². The molecule has 2 aliphatic rings. The predicted molar refractivity (Wildman–Crippen MR) is 92.5 cm³/mol. The average molecular weight is 330 g/mol. The van der Waals surface area contributed by atoms with E-state index < -0.39 is 11.8 Å². The van der Waals surface area contributed by atoms with Crippen molar-refractivity contribution >= 4 is 17.6 Å². The van der Waals surface area contributed by atoms with Crippen molar-refractivity contribution in [3.8, 4) is 0 Å². The topological polar surface area (TPSA) is 76.0 Å². The van der Waals surface area contributed by atoms with Crippen molar-refractivity contribution in [3.63, 3.8) is 0 Å². The van der Waals surface area contributed by atoms with Gasteiger partial charge in [-0.25, -0.2) is 4.68 Å². The third-order valence-electron chi connectivity index (χ3n) is 4.91. The van der Waals surface area contributed by atoms with E-state index >= 15 is 0 Å². The van der Waals surface area contributed by atoms with Crippen molar-refractivity contribution in [1.29, 1.82) is 0 Å². The predicted octanol–water partition coefficient (Wildman–Crippen LogP) is 2.94. The van der Waals surface area contributed by atoms with Gasteiger partial charge in [-0.2, -0.15) is 5.10 Å². The standard InChI is InChI=1S/C18H26N4O2/c23-17(19-12-10-14-6-2-1-3-7-14)18(24)21-16-11-13-20-22(16)15-8-4-5-9-15/h6,11,13,15H,1-5,7-10,12H2,(H,19,23)(H,21,24). The zero-order chi connectivity index (χ0) is 16.8. The quantitative estimate of drug-likeness (QED) is 0.644. The molecule has 24 heavy (non-hydrogen) atoms. The van der Waals surface area contributed by atoms with Crippen LogP contribution in [0, 0.1) is 0 Å². The molecule has 0 aromatic carbocycles. The lowest BCUT2D eigenvalue weighted by molar-refractivity contribution is -0.136. The van der Waals surface area contributed by atoms with Crippen LogP contribution in [-0.2, 0) is 9.59 Å². The first-order chi connectivity index (χ1) is 11.7. The summed E-state index contributed by atoms with van der Waals surface area (Å²) in [5.74, 6) is -0.588. The third-order valence-corrected chi connectivity index (χ3v) is 4.91. The lowest BCUT2D eigenvalue weighted by Gasteiger charge is -2.15. The van der Waals surface area contributed by atoms with Gasteiger partial charge in [0.2, 0.25) is 0 Å². The van der Waals surface area contributed by atoms with Gasteiger partial charge in [-0.1, -0.05) is 24.5 Å². The number of nitrogens with zero attached hydrogens (tertiary/aromatic N) is 2. The van der Waals surface area contributed by atoms with Crippen LogP contribution in [0.5, 0.6) is 0 Å². The summed E-state index contributed by atoms with van der Waals surface area (Å²) in [7, 11) is 0. The van der Waals surface area contributed by atoms with Crippen LogP contribution in [0.25, 0.3) is 0 Å². The molecule has 2 amide bonds. The Morgan fingerprint density at radius 3 is 2.75 bits per heavy atom. The van der Waals surface area contributed by atoms with Crippen LogP contribution in [0.3, 0.4) is 0 Å². The molecule has 6 nitrogen and oxygen atoms in total. The van der Waals surface area contributed by atoms with Crippen LogP contribution in [0.1, 0.15) is 63.8 Å². The number of anilines is 1. The number of hydrogen-bond donors (Lipinski definition) is 2. The summed E-state index contributed by atoms with van der Waals surface area (Å²) < 4.78 is 1.84. The number of nitrogens with one attached hydrogen (secondary N) is 2. The van der Waals surface area contributed by atoms with Crippen molar-refractivity contribution in [3.05, 3.63) is 23.9 Å². The molecule has 1 aromatic heterocycles. The molecule has 3 rings (SSSR count). The van der Waals surface area contributed by atoms with E-state index in [1.165, 1.54) is 31.3 Å². The maximum absolute atomic E-state index is 12.1. The van der Waals surface area contributed by atoms with Crippen LogP contribution in [0.4, 0.5) is 5.82 Å². The fourth-order valence-electron chi connectivity index (χ4n) is 3.57. The largest absolute Gasteiger partial charge is 0.348 e. The number of hydrogen-bond acceptors (Lipinski definition) is 3. The molecule has 0 spiro atoms. The van der Waals surface area contributed by atoms with Gasteiger partial charge in [-0.05, 0) is 44.9 Å². The SMILES string of the molecule is O=C(NCCC1=CCCCC1)C(=O)Nc1ccnn1C1CCCC1. The second-order valence-electron chi connectivity index (χ2n) is 6.67. The Hall–Kier alpha value is -2.11. The van der Waals surface area contributed by atoms with Crippen molar-refractivity contribution in [1.82, 2.24) is 15.1 Å². The highest BCUT2D eigenvalue weighted by Crippen LogP contribution is 2.31. The zero-order valence-electron chi connectivity index (χ0n) is 14.1. The van der Waals surface area contributed by atoms with E-state index in [4.69, 9.17) is 0 Å². The van der Waals surface area contributed by atoms with Gasteiger partial charge in [0.15, 0.2) is 0 Å². The molecule has 1 saturated carbocycles. The fraction of sp³-hybridized carbons (Fsp3) is 0.611. The van der Waals surface area contributed by atoms with Crippen molar-refractivity contribution in [2.24, 2.45) is 0 Å². The Kier molecular flexibility index (Phi) is 5.67. The highest BCUT2D eigenvalue weighted by atomic mass is 16.2. The van der Waals surface area contributed by atoms with Crippen LogP contribution < -0.4 is 10.6 Å². The summed E-state index contributed by atoms with van der Waals surface area (Å²) in [6.07, 6.45) is 14.0. The molecular weight excluding hydrogens is 304 g/mol. The first-order valence-electron chi connectivity index (χ1n) is 9.04. The van der Waals surface area contributed by atoms with Crippen LogP contribution >= 0.6 is 0 Å². The minimum atomic E-state index is -0.618. The molecular formula is C18H26N4O2. The maximum atomic E-state index is 12.1. The molecule has 130 valence electrons. The number of aromatic nitrogens is 2. The maximum Gasteiger partial charge on any atom is 0.314 e. The summed E-state index contributed by atoms with van der Waals surface area (Å²) in [6, 6.07) is 2.08. The van der Waals surface area contributed by atoms with Crippen molar-refractivity contribution < 1.29 is 9.59 Å². The van der Waals surface area contributed by atoms with Gasteiger partial charge in [0.1, 0.15) is 5.82 Å². The minimum Gasteiger partial charge on any atom is -0.348 e. The molecule has 0 unspecified atom stereocenters. The van der Waals surface area contributed by atoms with Crippen LogP contribution in [-0.4, -0.2) is 28.1 Å². The van der Waals surface area contributed by atoms with Gasteiger partial charge in [-0.15, -0.1) is 0 Å². The van der Waals surface area contributed by atoms with Gasteiger partial charge in [-0.3, -0.25) is 9.59 Å². The molecule has 0 saturated heterocycles. The second-order valence-corrected chi connectivity index (χ2v) is 6.67. The second kappa shape index (κ2) is 8.13. The molecule has 1 aromatic rings. The van der Waals surface area contributed by atoms with E-state index in [0.717, 1.165) is 32.1 Å². The van der Waals surface area contributed by atoms with Crippen LogP contribution in [0.15, 0.2) is 23.9 Å². The van der Waals surface area contributed by atoms with E-state index in [9.17, 15) is 9.59 Å². The summed E-state index contributed by atoms with van der Waals surface area (Å²) >= 11 is 0.